The van der Waals surface area contributed by atoms with Crippen LogP contribution in [-0.4, -0.2) is 37.0 Å². The normalized spacial score (nSPS) is 21.4. The van der Waals surface area contributed by atoms with Gasteiger partial charge in [-0.05, 0) is 36.8 Å². The van der Waals surface area contributed by atoms with Gasteiger partial charge in [0.05, 0.1) is 17.5 Å². The third-order valence-corrected chi connectivity index (χ3v) is 6.62. The summed E-state index contributed by atoms with van der Waals surface area (Å²) in [5.41, 5.74) is 2.05. The molecule has 0 spiro atoms. The van der Waals surface area contributed by atoms with E-state index in [1.54, 1.807) is 48.6 Å². The standard InChI is InChI=1S/C19H20ClNO3S/c1-14-4-10-17(11-5-14)25(23,24)21-13-18(19(21)3-2-12-22)15-6-8-16(20)9-7-15/h2-11,18-19,22H,12-13H2,1H3/b3-2+/t18-,19+/m1/s1. The van der Waals surface area contributed by atoms with Crippen LogP contribution in [0.1, 0.15) is 17.0 Å². The molecule has 0 saturated carbocycles. The summed E-state index contributed by atoms with van der Waals surface area (Å²) in [6.45, 7) is 2.20. The van der Waals surface area contributed by atoms with Gasteiger partial charge in [0.1, 0.15) is 0 Å². The summed E-state index contributed by atoms with van der Waals surface area (Å²) in [6, 6.07) is 14.0. The lowest BCUT2D eigenvalue weighted by atomic mass is 9.84. The molecular weight excluding hydrogens is 358 g/mol. The van der Waals surface area contributed by atoms with Crippen LogP contribution in [0.5, 0.6) is 0 Å². The average molecular weight is 378 g/mol. The second-order valence-corrected chi connectivity index (χ2v) is 8.47. The maximum Gasteiger partial charge on any atom is 0.243 e. The lowest BCUT2D eigenvalue weighted by molar-refractivity contribution is 0.198. The lowest BCUT2D eigenvalue weighted by Crippen LogP contribution is -2.56. The van der Waals surface area contributed by atoms with Gasteiger partial charge in [0.2, 0.25) is 10.0 Å². The van der Waals surface area contributed by atoms with Crippen molar-refractivity contribution in [1.29, 1.82) is 0 Å². The predicted molar refractivity (Wildman–Crippen MR) is 99.3 cm³/mol. The number of hydrogen-bond acceptors (Lipinski definition) is 3. The molecule has 3 rings (SSSR count). The van der Waals surface area contributed by atoms with E-state index < -0.39 is 10.0 Å². The SMILES string of the molecule is Cc1ccc(S(=O)(=O)N2C[C@H](c3ccc(Cl)cc3)[C@@H]2/C=C/CO)cc1. The highest BCUT2D eigenvalue weighted by atomic mass is 35.5. The first-order chi connectivity index (χ1) is 11.9. The number of aliphatic hydroxyl groups is 1. The van der Waals surface area contributed by atoms with Crippen LogP contribution in [0.2, 0.25) is 5.02 Å². The fraction of sp³-hybridized carbons (Fsp3) is 0.263. The zero-order chi connectivity index (χ0) is 18.0. The summed E-state index contributed by atoms with van der Waals surface area (Å²) in [5, 5.41) is 9.74. The van der Waals surface area contributed by atoms with E-state index in [2.05, 4.69) is 0 Å². The molecule has 0 radical (unpaired) electrons. The van der Waals surface area contributed by atoms with E-state index in [4.69, 9.17) is 16.7 Å². The van der Waals surface area contributed by atoms with Gasteiger partial charge in [0, 0.05) is 17.5 Å². The molecule has 1 fully saturated rings. The zero-order valence-electron chi connectivity index (χ0n) is 13.8. The van der Waals surface area contributed by atoms with Gasteiger partial charge in [-0.2, -0.15) is 4.31 Å². The van der Waals surface area contributed by atoms with Crippen LogP contribution in [0, 0.1) is 6.92 Å². The molecule has 1 aliphatic heterocycles. The third-order valence-electron chi connectivity index (χ3n) is 4.49. The van der Waals surface area contributed by atoms with Crippen molar-refractivity contribution in [3.63, 3.8) is 0 Å². The van der Waals surface area contributed by atoms with E-state index in [9.17, 15) is 8.42 Å². The van der Waals surface area contributed by atoms with Crippen molar-refractivity contribution in [3.05, 3.63) is 76.8 Å². The molecule has 0 bridgehead atoms. The molecule has 1 saturated heterocycles. The van der Waals surface area contributed by atoms with Crippen molar-refractivity contribution in [2.75, 3.05) is 13.2 Å². The summed E-state index contributed by atoms with van der Waals surface area (Å²) in [6.07, 6.45) is 3.35. The Morgan fingerprint density at radius 1 is 1.16 bits per heavy atom. The van der Waals surface area contributed by atoms with Gasteiger partial charge in [0.15, 0.2) is 0 Å². The Morgan fingerprint density at radius 2 is 1.80 bits per heavy atom. The molecule has 2 aromatic carbocycles. The Morgan fingerprint density at radius 3 is 2.40 bits per heavy atom. The van der Waals surface area contributed by atoms with Crippen molar-refractivity contribution in [3.8, 4) is 0 Å². The van der Waals surface area contributed by atoms with Crippen molar-refractivity contribution in [1.82, 2.24) is 4.31 Å². The first-order valence-corrected chi connectivity index (χ1v) is 9.87. The highest BCUT2D eigenvalue weighted by Crippen LogP contribution is 2.39. The Bertz CT molecular complexity index is 861. The van der Waals surface area contributed by atoms with E-state index in [1.165, 1.54) is 4.31 Å². The largest absolute Gasteiger partial charge is 0.392 e. The molecule has 132 valence electrons. The van der Waals surface area contributed by atoms with Crippen LogP contribution in [0.3, 0.4) is 0 Å². The van der Waals surface area contributed by atoms with Crippen molar-refractivity contribution in [2.24, 2.45) is 0 Å². The first-order valence-electron chi connectivity index (χ1n) is 8.05. The predicted octanol–water partition coefficient (Wildman–Crippen LogP) is 3.35. The molecule has 2 aromatic rings. The van der Waals surface area contributed by atoms with Crippen LogP contribution < -0.4 is 0 Å². The highest BCUT2D eigenvalue weighted by Gasteiger charge is 2.45. The van der Waals surface area contributed by atoms with Gasteiger partial charge < -0.3 is 5.11 Å². The maximum absolute atomic E-state index is 12.9. The Hall–Kier alpha value is -1.66. The molecule has 1 aliphatic rings. The van der Waals surface area contributed by atoms with Gasteiger partial charge in [0.25, 0.3) is 0 Å². The summed E-state index contributed by atoms with van der Waals surface area (Å²) < 4.78 is 27.4. The molecule has 0 amide bonds. The number of rotatable bonds is 5. The summed E-state index contributed by atoms with van der Waals surface area (Å²) in [7, 11) is -3.57. The van der Waals surface area contributed by atoms with Crippen molar-refractivity contribution in [2.45, 2.75) is 23.8 Å². The number of aliphatic hydroxyl groups excluding tert-OH is 1. The van der Waals surface area contributed by atoms with E-state index in [-0.39, 0.29) is 23.5 Å². The van der Waals surface area contributed by atoms with E-state index in [1.807, 2.05) is 19.1 Å². The molecule has 0 aromatic heterocycles. The second-order valence-electron chi connectivity index (χ2n) is 6.15. The molecule has 2 atom stereocenters. The fourth-order valence-corrected chi connectivity index (χ4v) is 4.80. The molecule has 0 aliphatic carbocycles. The van der Waals surface area contributed by atoms with Crippen LogP contribution >= 0.6 is 11.6 Å². The first kappa shape index (κ1) is 18.1. The number of benzene rings is 2. The van der Waals surface area contributed by atoms with Gasteiger partial charge >= 0.3 is 0 Å². The maximum atomic E-state index is 12.9. The quantitative estimate of drug-likeness (QED) is 0.813. The second kappa shape index (κ2) is 7.30. The Labute approximate surface area is 153 Å². The Balaban J connectivity index is 1.90. The molecule has 1 N–H and O–H groups in total. The van der Waals surface area contributed by atoms with Crippen LogP contribution in [0.25, 0.3) is 0 Å². The molecular formula is C19H20ClNO3S. The van der Waals surface area contributed by atoms with E-state index in [0.717, 1.165) is 11.1 Å². The number of nitrogens with zero attached hydrogens (tertiary/aromatic N) is 1. The minimum atomic E-state index is -3.57. The van der Waals surface area contributed by atoms with Gasteiger partial charge in [-0.25, -0.2) is 8.42 Å². The number of sulfonamides is 1. The number of aryl methyl sites for hydroxylation is 1. The van der Waals surface area contributed by atoms with Crippen molar-refractivity contribution < 1.29 is 13.5 Å². The third kappa shape index (κ3) is 3.65. The van der Waals surface area contributed by atoms with Crippen LogP contribution in [0.4, 0.5) is 0 Å². The molecule has 6 heteroatoms. The highest BCUT2D eigenvalue weighted by molar-refractivity contribution is 7.89. The molecule has 25 heavy (non-hydrogen) atoms. The van der Waals surface area contributed by atoms with E-state index in [0.29, 0.717) is 11.6 Å². The zero-order valence-corrected chi connectivity index (χ0v) is 15.4. The monoisotopic (exact) mass is 377 g/mol. The van der Waals surface area contributed by atoms with Crippen molar-refractivity contribution >= 4 is 21.6 Å². The smallest absolute Gasteiger partial charge is 0.243 e. The summed E-state index contributed by atoms with van der Waals surface area (Å²) in [5.74, 6) is 0.0419. The average Bonchev–Trinajstić information content (AvgIpc) is 2.56. The van der Waals surface area contributed by atoms with Crippen LogP contribution in [-0.2, 0) is 10.0 Å². The number of halogens is 1. The molecule has 0 unspecified atom stereocenters. The van der Waals surface area contributed by atoms with Gasteiger partial charge in [-0.1, -0.05) is 53.6 Å². The molecule has 1 heterocycles. The number of hydrogen-bond donors (Lipinski definition) is 1. The summed E-state index contributed by atoms with van der Waals surface area (Å²) in [4.78, 5) is 0.287. The van der Waals surface area contributed by atoms with Gasteiger partial charge in [-0.3, -0.25) is 0 Å². The lowest BCUT2D eigenvalue weighted by Gasteiger charge is -2.45. The Kier molecular flexibility index (Phi) is 5.29. The van der Waals surface area contributed by atoms with Gasteiger partial charge in [-0.15, -0.1) is 0 Å². The summed E-state index contributed by atoms with van der Waals surface area (Å²) >= 11 is 5.94. The van der Waals surface area contributed by atoms with Crippen LogP contribution in [0.15, 0.2) is 65.6 Å². The minimum absolute atomic E-state index is 0.0419. The topological polar surface area (TPSA) is 57.6 Å². The van der Waals surface area contributed by atoms with E-state index >= 15 is 0 Å². The minimum Gasteiger partial charge on any atom is -0.392 e. The fourth-order valence-electron chi connectivity index (χ4n) is 3.03. The molecule has 4 nitrogen and oxygen atoms in total.